The molecule has 3 rings (SSSR count). The van der Waals surface area contributed by atoms with E-state index in [1.54, 1.807) is 24.3 Å². The van der Waals surface area contributed by atoms with Gasteiger partial charge in [0.15, 0.2) is 5.96 Å². The summed E-state index contributed by atoms with van der Waals surface area (Å²) < 4.78 is 0. The lowest BCUT2D eigenvalue weighted by Gasteiger charge is -2.13. The maximum absolute atomic E-state index is 12.3. The molecule has 3 N–H and O–H groups in total. The van der Waals surface area contributed by atoms with Gasteiger partial charge in [-0.2, -0.15) is 0 Å². The lowest BCUT2D eigenvalue weighted by molar-refractivity contribution is 0.0652. The average Bonchev–Trinajstić information content (AvgIpc) is 2.88. The number of anilines is 1. The zero-order valence-corrected chi connectivity index (χ0v) is 14.7. The number of hydrogen-bond donors (Lipinski definition) is 2. The van der Waals surface area contributed by atoms with Crippen LogP contribution in [-0.2, 0) is 0 Å². The van der Waals surface area contributed by atoms with Crippen molar-refractivity contribution in [3.05, 3.63) is 65.2 Å². The van der Waals surface area contributed by atoms with Crippen LogP contribution in [0.1, 0.15) is 39.1 Å². The predicted molar refractivity (Wildman–Crippen MR) is 102 cm³/mol. The number of nitrogens with two attached hydrogens (primary N) is 1. The molecular weight excluding hydrogens is 328 g/mol. The standard InChI is InChI=1S/C20H22N4O2/c1-14-8-10-15(11-9-14)23-20(21)22-12-4-5-13-24-18(25)16-6-2-3-7-17(16)19(24)26/h2-3,6-11H,4-5,12-13H2,1H3,(H3,21,22,23). The molecule has 0 bridgehead atoms. The molecule has 0 aromatic heterocycles. The molecule has 26 heavy (non-hydrogen) atoms. The van der Waals surface area contributed by atoms with Crippen LogP contribution in [0.4, 0.5) is 5.69 Å². The zero-order chi connectivity index (χ0) is 18.5. The number of unbranched alkanes of at least 4 members (excludes halogenated alkanes) is 1. The Labute approximate surface area is 152 Å². The van der Waals surface area contributed by atoms with E-state index in [2.05, 4.69) is 10.3 Å². The minimum atomic E-state index is -0.213. The lowest BCUT2D eigenvalue weighted by Crippen LogP contribution is -2.30. The number of hydrogen-bond acceptors (Lipinski definition) is 3. The van der Waals surface area contributed by atoms with Gasteiger partial charge in [0.05, 0.1) is 11.1 Å². The smallest absolute Gasteiger partial charge is 0.261 e. The first kappa shape index (κ1) is 17.7. The maximum atomic E-state index is 12.3. The number of carbonyl (C=O) groups is 2. The van der Waals surface area contributed by atoms with Crippen molar-refractivity contribution in [1.29, 1.82) is 0 Å². The molecule has 6 heteroatoms. The fourth-order valence-corrected chi connectivity index (χ4v) is 2.85. The zero-order valence-electron chi connectivity index (χ0n) is 14.7. The maximum Gasteiger partial charge on any atom is 0.261 e. The van der Waals surface area contributed by atoms with E-state index in [0.29, 0.717) is 36.6 Å². The number of amides is 2. The van der Waals surface area contributed by atoms with Crippen LogP contribution in [0.3, 0.4) is 0 Å². The van der Waals surface area contributed by atoms with Gasteiger partial charge in [0, 0.05) is 18.8 Å². The van der Waals surface area contributed by atoms with Gasteiger partial charge in [0.2, 0.25) is 0 Å². The van der Waals surface area contributed by atoms with E-state index in [-0.39, 0.29) is 11.8 Å². The molecule has 0 spiro atoms. The predicted octanol–water partition coefficient (Wildman–Crippen LogP) is 2.80. The first-order chi connectivity index (χ1) is 12.6. The van der Waals surface area contributed by atoms with E-state index in [4.69, 9.17) is 5.73 Å². The van der Waals surface area contributed by atoms with Crippen molar-refractivity contribution < 1.29 is 9.59 Å². The molecule has 0 atom stereocenters. The Balaban J connectivity index is 1.44. The Bertz CT molecular complexity index is 808. The van der Waals surface area contributed by atoms with E-state index in [0.717, 1.165) is 12.1 Å². The van der Waals surface area contributed by atoms with Crippen LogP contribution in [-0.4, -0.2) is 35.8 Å². The number of aliphatic imine (C=N–C) groups is 1. The first-order valence-corrected chi connectivity index (χ1v) is 8.65. The van der Waals surface area contributed by atoms with Gasteiger partial charge < -0.3 is 11.1 Å². The fraction of sp³-hybridized carbons (Fsp3) is 0.250. The number of imide groups is 1. The highest BCUT2D eigenvalue weighted by molar-refractivity contribution is 6.21. The molecule has 0 fully saturated rings. The number of rotatable bonds is 6. The molecule has 134 valence electrons. The largest absolute Gasteiger partial charge is 0.370 e. The Morgan fingerprint density at radius 3 is 2.23 bits per heavy atom. The Hall–Kier alpha value is -3.15. The summed E-state index contributed by atoms with van der Waals surface area (Å²) in [6, 6.07) is 14.8. The number of aryl methyl sites for hydroxylation is 1. The van der Waals surface area contributed by atoms with Crippen LogP contribution in [0.15, 0.2) is 53.5 Å². The first-order valence-electron chi connectivity index (χ1n) is 8.65. The number of nitrogens with one attached hydrogen (secondary N) is 1. The monoisotopic (exact) mass is 350 g/mol. The molecule has 0 radical (unpaired) electrons. The molecule has 0 aliphatic carbocycles. The number of guanidine groups is 1. The molecular formula is C20H22N4O2. The quantitative estimate of drug-likeness (QED) is 0.363. The molecule has 2 amide bonds. The SMILES string of the molecule is Cc1ccc(NC(N)=NCCCCN2C(=O)c3ccccc3C2=O)cc1. The minimum absolute atomic E-state index is 0.213. The van der Waals surface area contributed by atoms with Crippen molar-refractivity contribution in [2.75, 3.05) is 18.4 Å². The van der Waals surface area contributed by atoms with Gasteiger partial charge >= 0.3 is 0 Å². The lowest BCUT2D eigenvalue weighted by atomic mass is 10.1. The number of nitrogens with zero attached hydrogens (tertiary/aromatic N) is 2. The van der Waals surface area contributed by atoms with Crippen molar-refractivity contribution in [2.45, 2.75) is 19.8 Å². The van der Waals surface area contributed by atoms with E-state index in [9.17, 15) is 9.59 Å². The number of carbonyl (C=O) groups excluding carboxylic acids is 2. The minimum Gasteiger partial charge on any atom is -0.370 e. The van der Waals surface area contributed by atoms with Crippen LogP contribution in [0.5, 0.6) is 0 Å². The summed E-state index contributed by atoms with van der Waals surface area (Å²) in [4.78, 5) is 30.1. The van der Waals surface area contributed by atoms with Gasteiger partial charge in [-0.05, 0) is 44.0 Å². The van der Waals surface area contributed by atoms with Gasteiger partial charge in [0.25, 0.3) is 11.8 Å². The highest BCUT2D eigenvalue weighted by atomic mass is 16.2. The summed E-state index contributed by atoms with van der Waals surface area (Å²) in [5, 5.41) is 3.04. The van der Waals surface area contributed by atoms with E-state index < -0.39 is 0 Å². The normalized spacial score (nSPS) is 13.9. The second-order valence-corrected chi connectivity index (χ2v) is 6.27. The third-order valence-electron chi connectivity index (χ3n) is 4.27. The molecule has 1 heterocycles. The summed E-state index contributed by atoms with van der Waals surface area (Å²) in [5.74, 6) is -0.0705. The van der Waals surface area contributed by atoms with Crippen molar-refractivity contribution in [3.8, 4) is 0 Å². The highest BCUT2D eigenvalue weighted by Gasteiger charge is 2.34. The Morgan fingerprint density at radius 1 is 1.00 bits per heavy atom. The van der Waals surface area contributed by atoms with Gasteiger partial charge in [-0.25, -0.2) is 0 Å². The Morgan fingerprint density at radius 2 is 1.62 bits per heavy atom. The third-order valence-corrected chi connectivity index (χ3v) is 4.27. The molecule has 0 unspecified atom stereocenters. The topological polar surface area (TPSA) is 87.8 Å². The second-order valence-electron chi connectivity index (χ2n) is 6.27. The van der Waals surface area contributed by atoms with Crippen LogP contribution in [0.2, 0.25) is 0 Å². The number of fused-ring (bicyclic) bond motifs is 1. The van der Waals surface area contributed by atoms with Crippen molar-refractivity contribution >= 4 is 23.5 Å². The summed E-state index contributed by atoms with van der Waals surface area (Å²) in [6.45, 7) is 2.95. The van der Waals surface area contributed by atoms with Gasteiger partial charge in [-0.3, -0.25) is 19.5 Å². The van der Waals surface area contributed by atoms with Crippen molar-refractivity contribution in [1.82, 2.24) is 4.90 Å². The van der Waals surface area contributed by atoms with Crippen molar-refractivity contribution in [2.24, 2.45) is 10.7 Å². The molecule has 1 aliphatic rings. The van der Waals surface area contributed by atoms with Crippen LogP contribution < -0.4 is 11.1 Å². The fourth-order valence-electron chi connectivity index (χ4n) is 2.85. The molecule has 2 aromatic rings. The van der Waals surface area contributed by atoms with Gasteiger partial charge in [0.1, 0.15) is 0 Å². The third kappa shape index (κ3) is 3.91. The van der Waals surface area contributed by atoms with Crippen LogP contribution >= 0.6 is 0 Å². The van der Waals surface area contributed by atoms with E-state index in [1.165, 1.54) is 10.5 Å². The summed E-state index contributed by atoms with van der Waals surface area (Å²) in [6.07, 6.45) is 1.43. The van der Waals surface area contributed by atoms with Crippen LogP contribution in [0.25, 0.3) is 0 Å². The summed E-state index contributed by atoms with van der Waals surface area (Å²) in [7, 11) is 0. The van der Waals surface area contributed by atoms with E-state index in [1.807, 2.05) is 31.2 Å². The van der Waals surface area contributed by atoms with Crippen molar-refractivity contribution in [3.63, 3.8) is 0 Å². The van der Waals surface area contributed by atoms with Crippen LogP contribution in [0, 0.1) is 6.92 Å². The highest BCUT2D eigenvalue weighted by Crippen LogP contribution is 2.22. The molecule has 0 saturated carbocycles. The molecule has 1 aliphatic heterocycles. The average molecular weight is 350 g/mol. The molecule has 6 nitrogen and oxygen atoms in total. The number of benzene rings is 2. The second kappa shape index (κ2) is 7.82. The molecule has 0 saturated heterocycles. The van der Waals surface area contributed by atoms with E-state index >= 15 is 0 Å². The Kier molecular flexibility index (Phi) is 5.31. The molecule has 2 aromatic carbocycles. The summed E-state index contributed by atoms with van der Waals surface area (Å²) in [5.41, 5.74) is 8.92. The summed E-state index contributed by atoms with van der Waals surface area (Å²) >= 11 is 0. The van der Waals surface area contributed by atoms with Gasteiger partial charge in [-0.1, -0.05) is 29.8 Å². The van der Waals surface area contributed by atoms with Gasteiger partial charge in [-0.15, -0.1) is 0 Å².